The van der Waals surface area contributed by atoms with Gasteiger partial charge in [0, 0.05) is 52.0 Å². The van der Waals surface area contributed by atoms with Gasteiger partial charge in [-0.05, 0) is 12.8 Å². The highest BCUT2D eigenvalue weighted by Crippen LogP contribution is 2.21. The lowest BCUT2D eigenvalue weighted by molar-refractivity contribution is -0.120. The van der Waals surface area contributed by atoms with Crippen molar-refractivity contribution in [3.05, 3.63) is 12.4 Å². The molecule has 0 aliphatic carbocycles. The van der Waals surface area contributed by atoms with E-state index in [1.165, 1.54) is 0 Å². The molecule has 174 valence electrons. The topological polar surface area (TPSA) is 78.2 Å². The van der Waals surface area contributed by atoms with Gasteiger partial charge in [0.2, 0.25) is 5.91 Å². The summed E-state index contributed by atoms with van der Waals surface area (Å²) in [5, 5.41) is 7.61. The number of aryl methyl sites for hydroxylation is 1. The molecule has 2 aliphatic heterocycles. The zero-order chi connectivity index (χ0) is 22.2. The number of guanidine groups is 1. The van der Waals surface area contributed by atoms with Crippen molar-refractivity contribution in [2.24, 2.45) is 18.0 Å². The van der Waals surface area contributed by atoms with E-state index in [0.29, 0.717) is 25.0 Å². The van der Waals surface area contributed by atoms with Crippen molar-refractivity contribution in [2.75, 3.05) is 63.9 Å². The smallest absolute Gasteiger partial charge is 0.246 e. The largest absolute Gasteiger partial charge is 0.379 e. The number of aliphatic imine (C=N–C) groups is 1. The summed E-state index contributed by atoms with van der Waals surface area (Å²) in [6.45, 7) is 13.4. The summed E-state index contributed by atoms with van der Waals surface area (Å²) in [6.07, 6.45) is 5.92. The lowest BCUT2D eigenvalue weighted by Gasteiger charge is -2.39. The summed E-state index contributed by atoms with van der Waals surface area (Å²) in [5.74, 6) is 1.52. The fraction of sp³-hybridized carbons (Fsp3) is 0.773. The Bertz CT molecular complexity index is 725. The fourth-order valence-corrected chi connectivity index (χ4v) is 4.59. The second-order valence-electron chi connectivity index (χ2n) is 8.33. The minimum absolute atomic E-state index is 0.0783. The van der Waals surface area contributed by atoms with Crippen molar-refractivity contribution < 1.29 is 9.53 Å². The number of morpholine rings is 1. The summed E-state index contributed by atoms with van der Waals surface area (Å²) in [6, 6.07) is 0.403. The number of aromatic nitrogens is 2. The third-order valence-corrected chi connectivity index (χ3v) is 6.39. The summed E-state index contributed by atoms with van der Waals surface area (Å²) >= 11 is 0. The van der Waals surface area contributed by atoms with Crippen LogP contribution in [0.1, 0.15) is 33.6 Å². The number of hydrogen-bond acceptors (Lipinski definition) is 5. The molecular formula is C22H39N7O2. The molecule has 9 heteroatoms. The molecule has 3 rings (SSSR count). The molecule has 1 atom stereocenters. The van der Waals surface area contributed by atoms with Gasteiger partial charge in [0.15, 0.2) is 5.96 Å². The summed E-state index contributed by atoms with van der Waals surface area (Å²) in [7, 11) is 1.87. The molecule has 0 spiro atoms. The molecule has 1 amide bonds. The standard InChI is InChI=1S/C22H39N7O2/c1-5-18(6-2)20(27-10-12-31-13-11-27)15-24-22(23-7-3)28-8-9-29(21(30)17-28)19-14-25-26(4)16-19/h14,16,18,20H,5-13,15,17H2,1-4H3,(H,23,24). The Kier molecular flexibility index (Phi) is 8.71. The number of amides is 1. The van der Waals surface area contributed by atoms with Crippen molar-refractivity contribution in [2.45, 2.75) is 39.7 Å². The number of nitrogens with zero attached hydrogens (tertiary/aromatic N) is 6. The number of carbonyl (C=O) groups excluding carboxylic acids is 1. The Hall–Kier alpha value is -2.13. The van der Waals surface area contributed by atoms with Gasteiger partial charge in [-0.25, -0.2) is 0 Å². The molecule has 31 heavy (non-hydrogen) atoms. The number of nitrogens with one attached hydrogen (secondary N) is 1. The highest BCUT2D eigenvalue weighted by Gasteiger charge is 2.30. The highest BCUT2D eigenvalue weighted by atomic mass is 16.5. The van der Waals surface area contributed by atoms with Gasteiger partial charge in [-0.1, -0.05) is 26.7 Å². The van der Waals surface area contributed by atoms with Gasteiger partial charge in [-0.15, -0.1) is 0 Å². The van der Waals surface area contributed by atoms with E-state index in [2.05, 4.69) is 41.0 Å². The molecule has 9 nitrogen and oxygen atoms in total. The average molecular weight is 434 g/mol. The maximum Gasteiger partial charge on any atom is 0.246 e. The Balaban J connectivity index is 1.70. The van der Waals surface area contributed by atoms with E-state index in [-0.39, 0.29) is 5.91 Å². The van der Waals surface area contributed by atoms with Crippen LogP contribution in [0.4, 0.5) is 5.69 Å². The number of hydrogen-bond donors (Lipinski definition) is 1. The molecule has 3 heterocycles. The van der Waals surface area contributed by atoms with E-state index in [9.17, 15) is 4.79 Å². The van der Waals surface area contributed by atoms with Gasteiger partial charge in [0.25, 0.3) is 0 Å². The maximum absolute atomic E-state index is 12.9. The quantitative estimate of drug-likeness (QED) is 0.490. The zero-order valence-corrected chi connectivity index (χ0v) is 19.6. The lowest BCUT2D eigenvalue weighted by atomic mass is 9.92. The van der Waals surface area contributed by atoms with Crippen LogP contribution in [0.3, 0.4) is 0 Å². The first kappa shape index (κ1) is 23.5. The van der Waals surface area contributed by atoms with Crippen LogP contribution in [0.2, 0.25) is 0 Å². The minimum atomic E-state index is 0.0783. The third-order valence-electron chi connectivity index (χ3n) is 6.39. The normalized spacial score (nSPS) is 19.9. The number of anilines is 1. The molecular weight excluding hydrogens is 394 g/mol. The second-order valence-corrected chi connectivity index (χ2v) is 8.33. The molecule has 2 saturated heterocycles. The molecule has 1 N–H and O–H groups in total. The lowest BCUT2D eigenvalue weighted by Crippen LogP contribution is -2.56. The number of piperazine rings is 1. The van der Waals surface area contributed by atoms with Crippen LogP contribution >= 0.6 is 0 Å². The monoisotopic (exact) mass is 433 g/mol. The summed E-state index contributed by atoms with van der Waals surface area (Å²) in [4.78, 5) is 24.3. The first-order valence-corrected chi connectivity index (χ1v) is 11.7. The Morgan fingerprint density at radius 1 is 1.19 bits per heavy atom. The van der Waals surface area contributed by atoms with E-state index in [1.807, 2.05) is 18.1 Å². The summed E-state index contributed by atoms with van der Waals surface area (Å²) in [5.41, 5.74) is 0.857. The van der Waals surface area contributed by atoms with Gasteiger partial charge in [0.05, 0.1) is 31.6 Å². The molecule has 0 bridgehead atoms. The van der Waals surface area contributed by atoms with Gasteiger partial charge in [-0.3, -0.25) is 19.4 Å². The van der Waals surface area contributed by atoms with E-state index in [1.54, 1.807) is 10.9 Å². The van der Waals surface area contributed by atoms with Crippen LogP contribution in [0.25, 0.3) is 0 Å². The van der Waals surface area contributed by atoms with E-state index in [0.717, 1.165) is 70.4 Å². The Labute approximate surface area is 186 Å². The van der Waals surface area contributed by atoms with Crippen LogP contribution in [0.5, 0.6) is 0 Å². The van der Waals surface area contributed by atoms with E-state index in [4.69, 9.17) is 9.73 Å². The SMILES string of the molecule is CCNC(=NCC(C(CC)CC)N1CCOCC1)N1CCN(c2cnn(C)c2)C(=O)C1. The van der Waals surface area contributed by atoms with Crippen LogP contribution in [0.15, 0.2) is 17.4 Å². The van der Waals surface area contributed by atoms with Gasteiger partial charge < -0.3 is 19.9 Å². The highest BCUT2D eigenvalue weighted by molar-refractivity contribution is 5.98. The van der Waals surface area contributed by atoms with Crippen LogP contribution in [-0.4, -0.2) is 96.5 Å². The first-order chi connectivity index (χ1) is 15.1. The van der Waals surface area contributed by atoms with Gasteiger partial charge >= 0.3 is 0 Å². The first-order valence-electron chi connectivity index (χ1n) is 11.7. The van der Waals surface area contributed by atoms with E-state index < -0.39 is 0 Å². The van der Waals surface area contributed by atoms with Crippen molar-refractivity contribution in [1.29, 1.82) is 0 Å². The van der Waals surface area contributed by atoms with Crippen molar-refractivity contribution in [3.8, 4) is 0 Å². The van der Waals surface area contributed by atoms with Crippen molar-refractivity contribution in [3.63, 3.8) is 0 Å². The number of rotatable bonds is 8. The van der Waals surface area contributed by atoms with Crippen LogP contribution in [0, 0.1) is 5.92 Å². The predicted molar refractivity (Wildman–Crippen MR) is 123 cm³/mol. The molecule has 1 aromatic rings. The van der Waals surface area contributed by atoms with E-state index >= 15 is 0 Å². The molecule has 0 aromatic carbocycles. The summed E-state index contributed by atoms with van der Waals surface area (Å²) < 4.78 is 7.30. The molecule has 0 radical (unpaired) electrons. The zero-order valence-electron chi connectivity index (χ0n) is 19.6. The molecule has 1 unspecified atom stereocenters. The van der Waals surface area contributed by atoms with Crippen molar-refractivity contribution in [1.82, 2.24) is 24.9 Å². The average Bonchev–Trinajstić information content (AvgIpc) is 3.22. The molecule has 1 aromatic heterocycles. The van der Waals surface area contributed by atoms with Crippen LogP contribution < -0.4 is 10.2 Å². The van der Waals surface area contributed by atoms with Gasteiger partial charge in [0.1, 0.15) is 6.54 Å². The molecule has 0 saturated carbocycles. The molecule has 2 fully saturated rings. The Morgan fingerprint density at radius 3 is 2.52 bits per heavy atom. The van der Waals surface area contributed by atoms with Crippen LogP contribution in [-0.2, 0) is 16.6 Å². The Morgan fingerprint density at radius 2 is 1.94 bits per heavy atom. The minimum Gasteiger partial charge on any atom is -0.379 e. The van der Waals surface area contributed by atoms with Gasteiger partial charge in [-0.2, -0.15) is 5.10 Å². The fourth-order valence-electron chi connectivity index (χ4n) is 4.59. The predicted octanol–water partition coefficient (Wildman–Crippen LogP) is 1.17. The van der Waals surface area contributed by atoms with Crippen molar-refractivity contribution >= 4 is 17.6 Å². The second kappa shape index (κ2) is 11.5. The number of carbonyl (C=O) groups is 1. The maximum atomic E-state index is 12.9. The third kappa shape index (κ3) is 5.98. The number of ether oxygens (including phenoxy) is 1. The molecule has 2 aliphatic rings.